The molecule has 1 heterocycles. The quantitative estimate of drug-likeness (QED) is 0.909. The first-order valence-electron chi connectivity index (χ1n) is 6.56. The maximum absolute atomic E-state index is 12.2. The SMILES string of the molecule is Cc1ccccc1C(C)NC(=O)c1csc(C(C)N)n1. The predicted molar refractivity (Wildman–Crippen MR) is 81.8 cm³/mol. The topological polar surface area (TPSA) is 68.0 Å². The highest BCUT2D eigenvalue weighted by molar-refractivity contribution is 7.09. The normalized spacial score (nSPS) is 13.8. The number of amides is 1. The first-order valence-corrected chi connectivity index (χ1v) is 7.44. The summed E-state index contributed by atoms with van der Waals surface area (Å²) >= 11 is 1.42. The van der Waals surface area contributed by atoms with Gasteiger partial charge in [-0.1, -0.05) is 24.3 Å². The lowest BCUT2D eigenvalue weighted by molar-refractivity contribution is 0.0935. The Kier molecular flexibility index (Phi) is 4.52. The van der Waals surface area contributed by atoms with Crippen molar-refractivity contribution >= 4 is 17.2 Å². The Labute approximate surface area is 123 Å². The van der Waals surface area contributed by atoms with Gasteiger partial charge in [0.15, 0.2) is 0 Å². The third-order valence-corrected chi connectivity index (χ3v) is 4.19. The molecule has 0 aliphatic carbocycles. The molecule has 1 amide bonds. The van der Waals surface area contributed by atoms with Crippen LogP contribution >= 0.6 is 11.3 Å². The number of aromatic nitrogens is 1. The summed E-state index contributed by atoms with van der Waals surface area (Å²) in [6.45, 7) is 5.87. The van der Waals surface area contributed by atoms with Crippen LogP contribution in [0, 0.1) is 6.92 Å². The van der Waals surface area contributed by atoms with Crippen molar-refractivity contribution in [2.24, 2.45) is 5.73 Å². The number of carbonyl (C=O) groups is 1. The molecule has 0 fully saturated rings. The number of hydrogen-bond acceptors (Lipinski definition) is 4. The van der Waals surface area contributed by atoms with Crippen molar-refractivity contribution in [2.45, 2.75) is 32.9 Å². The third kappa shape index (κ3) is 3.23. The highest BCUT2D eigenvalue weighted by Crippen LogP contribution is 2.19. The van der Waals surface area contributed by atoms with E-state index in [1.807, 2.05) is 45.0 Å². The standard InChI is InChI=1S/C15H19N3OS/c1-9-6-4-5-7-12(9)11(3)17-14(19)13-8-20-15(18-13)10(2)16/h4-8,10-11H,16H2,1-3H3,(H,17,19). The van der Waals surface area contributed by atoms with E-state index < -0.39 is 0 Å². The number of nitrogens with one attached hydrogen (secondary N) is 1. The van der Waals surface area contributed by atoms with Gasteiger partial charge in [0.1, 0.15) is 10.7 Å². The molecule has 2 rings (SSSR count). The van der Waals surface area contributed by atoms with Crippen molar-refractivity contribution in [3.8, 4) is 0 Å². The number of hydrogen-bond donors (Lipinski definition) is 2. The fourth-order valence-corrected chi connectivity index (χ4v) is 2.78. The fraction of sp³-hybridized carbons (Fsp3) is 0.333. The summed E-state index contributed by atoms with van der Waals surface area (Å²) in [5, 5.41) is 5.50. The van der Waals surface area contributed by atoms with Crippen LogP contribution in [0.4, 0.5) is 0 Å². The number of nitrogens with two attached hydrogens (primary N) is 1. The minimum absolute atomic E-state index is 0.0517. The predicted octanol–water partition coefficient (Wildman–Crippen LogP) is 2.96. The summed E-state index contributed by atoms with van der Waals surface area (Å²) in [5.74, 6) is -0.163. The smallest absolute Gasteiger partial charge is 0.271 e. The molecular formula is C15H19N3OS. The lowest BCUT2D eigenvalue weighted by Crippen LogP contribution is -2.27. The molecule has 5 heteroatoms. The van der Waals surface area contributed by atoms with E-state index in [1.165, 1.54) is 11.3 Å². The Balaban J connectivity index is 2.09. The van der Waals surface area contributed by atoms with E-state index in [4.69, 9.17) is 5.73 Å². The molecule has 4 nitrogen and oxygen atoms in total. The highest BCUT2D eigenvalue weighted by Gasteiger charge is 2.16. The number of nitrogens with zero attached hydrogens (tertiary/aromatic N) is 1. The van der Waals surface area contributed by atoms with Gasteiger partial charge in [0.25, 0.3) is 5.91 Å². The Morgan fingerprint density at radius 3 is 2.65 bits per heavy atom. The molecule has 20 heavy (non-hydrogen) atoms. The Hall–Kier alpha value is -1.72. The lowest BCUT2D eigenvalue weighted by atomic mass is 10.0. The van der Waals surface area contributed by atoms with Gasteiger partial charge in [-0.3, -0.25) is 4.79 Å². The highest BCUT2D eigenvalue weighted by atomic mass is 32.1. The van der Waals surface area contributed by atoms with Gasteiger partial charge in [-0.2, -0.15) is 0 Å². The van der Waals surface area contributed by atoms with E-state index in [9.17, 15) is 4.79 Å². The van der Waals surface area contributed by atoms with Gasteiger partial charge in [-0.25, -0.2) is 4.98 Å². The van der Waals surface area contributed by atoms with E-state index in [0.717, 1.165) is 16.1 Å². The van der Waals surface area contributed by atoms with E-state index in [-0.39, 0.29) is 18.0 Å². The van der Waals surface area contributed by atoms with Gasteiger partial charge in [0, 0.05) is 5.38 Å². The second-order valence-electron chi connectivity index (χ2n) is 4.91. The largest absolute Gasteiger partial charge is 0.344 e. The van der Waals surface area contributed by atoms with Crippen molar-refractivity contribution in [3.05, 3.63) is 51.5 Å². The molecule has 1 aromatic carbocycles. The zero-order valence-electron chi connectivity index (χ0n) is 11.9. The number of rotatable bonds is 4. The first kappa shape index (κ1) is 14.7. The summed E-state index contributed by atoms with van der Waals surface area (Å²) in [4.78, 5) is 16.4. The van der Waals surface area contributed by atoms with E-state index >= 15 is 0 Å². The molecule has 0 saturated heterocycles. The lowest BCUT2D eigenvalue weighted by Gasteiger charge is -2.15. The molecule has 0 spiro atoms. The third-order valence-electron chi connectivity index (χ3n) is 3.15. The average molecular weight is 289 g/mol. The molecule has 1 aromatic heterocycles. The van der Waals surface area contributed by atoms with Crippen LogP contribution in [0.3, 0.4) is 0 Å². The molecule has 2 atom stereocenters. The van der Waals surface area contributed by atoms with E-state index in [2.05, 4.69) is 10.3 Å². The molecule has 0 aliphatic rings. The molecule has 2 aromatic rings. The number of thiazole rings is 1. The van der Waals surface area contributed by atoms with Crippen LogP contribution in [0.15, 0.2) is 29.6 Å². The van der Waals surface area contributed by atoms with Gasteiger partial charge in [0.05, 0.1) is 12.1 Å². The van der Waals surface area contributed by atoms with Crippen LogP contribution in [0.2, 0.25) is 0 Å². The molecule has 106 valence electrons. The van der Waals surface area contributed by atoms with Crippen LogP contribution in [0.1, 0.15) is 52.6 Å². The Morgan fingerprint density at radius 2 is 2.05 bits per heavy atom. The maximum Gasteiger partial charge on any atom is 0.271 e. The summed E-state index contributed by atoms with van der Waals surface area (Å²) in [6.07, 6.45) is 0. The van der Waals surface area contributed by atoms with E-state index in [0.29, 0.717) is 5.69 Å². The molecule has 0 radical (unpaired) electrons. The molecule has 0 saturated carbocycles. The maximum atomic E-state index is 12.2. The Morgan fingerprint density at radius 1 is 1.35 bits per heavy atom. The van der Waals surface area contributed by atoms with Crippen molar-refractivity contribution < 1.29 is 4.79 Å². The minimum Gasteiger partial charge on any atom is -0.344 e. The monoisotopic (exact) mass is 289 g/mol. The van der Waals surface area contributed by atoms with Gasteiger partial charge < -0.3 is 11.1 Å². The number of benzene rings is 1. The zero-order valence-corrected chi connectivity index (χ0v) is 12.7. The minimum atomic E-state index is -0.163. The Bertz CT molecular complexity index is 607. The van der Waals surface area contributed by atoms with Crippen molar-refractivity contribution in [2.75, 3.05) is 0 Å². The molecular weight excluding hydrogens is 270 g/mol. The van der Waals surface area contributed by atoms with Crippen molar-refractivity contribution in [3.63, 3.8) is 0 Å². The molecule has 0 bridgehead atoms. The molecule has 2 unspecified atom stereocenters. The molecule has 0 aliphatic heterocycles. The summed E-state index contributed by atoms with van der Waals surface area (Å²) in [7, 11) is 0. The number of aryl methyl sites for hydroxylation is 1. The van der Waals surface area contributed by atoms with Crippen molar-refractivity contribution in [1.82, 2.24) is 10.3 Å². The second kappa shape index (κ2) is 6.15. The van der Waals surface area contributed by atoms with Crippen LogP contribution in [-0.4, -0.2) is 10.9 Å². The van der Waals surface area contributed by atoms with Crippen molar-refractivity contribution in [1.29, 1.82) is 0 Å². The first-order chi connectivity index (χ1) is 9.49. The van der Waals surface area contributed by atoms with E-state index in [1.54, 1.807) is 5.38 Å². The fourth-order valence-electron chi connectivity index (χ4n) is 2.02. The zero-order chi connectivity index (χ0) is 14.7. The van der Waals surface area contributed by atoms with Crippen LogP contribution in [0.25, 0.3) is 0 Å². The number of carbonyl (C=O) groups excluding carboxylic acids is 1. The molecule has 3 N–H and O–H groups in total. The van der Waals surface area contributed by atoms with Gasteiger partial charge in [-0.15, -0.1) is 11.3 Å². The summed E-state index contributed by atoms with van der Waals surface area (Å²) in [5.41, 5.74) is 8.46. The average Bonchev–Trinajstić information content (AvgIpc) is 2.88. The van der Waals surface area contributed by atoms with Gasteiger partial charge in [0.2, 0.25) is 0 Å². The van der Waals surface area contributed by atoms with Crippen LogP contribution in [0.5, 0.6) is 0 Å². The summed E-state index contributed by atoms with van der Waals surface area (Å²) in [6, 6.07) is 7.83. The second-order valence-corrected chi connectivity index (χ2v) is 5.80. The summed E-state index contributed by atoms with van der Waals surface area (Å²) < 4.78 is 0. The van der Waals surface area contributed by atoms with Gasteiger partial charge in [-0.05, 0) is 31.9 Å². The van der Waals surface area contributed by atoms with Crippen LogP contribution in [-0.2, 0) is 0 Å². The van der Waals surface area contributed by atoms with Gasteiger partial charge >= 0.3 is 0 Å². The van der Waals surface area contributed by atoms with Crippen LogP contribution < -0.4 is 11.1 Å².